The first-order chi connectivity index (χ1) is 9.06. The van der Waals surface area contributed by atoms with Gasteiger partial charge in [-0.3, -0.25) is 0 Å². The van der Waals surface area contributed by atoms with Crippen LogP contribution in [0.15, 0.2) is 24.9 Å². The zero-order chi connectivity index (χ0) is 14.0. The van der Waals surface area contributed by atoms with Crippen LogP contribution in [0.2, 0.25) is 0 Å². The molecule has 2 aromatic rings. The lowest BCUT2D eigenvalue weighted by molar-refractivity contribution is 0.263. The Bertz CT molecular complexity index is 596. The van der Waals surface area contributed by atoms with E-state index in [2.05, 4.69) is 49.9 Å². The minimum atomic E-state index is 0.488. The zero-order valence-electron chi connectivity index (χ0n) is 12.2. The standard InChI is InChI=1S/C16H22N2O/c1-6-9-18-13(5)12(4)14-7-8-17-16(15(14)18)19-10-11(2)3/h6-8,11H,1,9-10H2,2-5H3. The van der Waals surface area contributed by atoms with Gasteiger partial charge in [0.1, 0.15) is 5.52 Å². The summed E-state index contributed by atoms with van der Waals surface area (Å²) >= 11 is 0. The lowest BCUT2D eigenvalue weighted by atomic mass is 10.2. The second kappa shape index (κ2) is 5.47. The van der Waals surface area contributed by atoms with E-state index in [0.29, 0.717) is 12.5 Å². The molecule has 19 heavy (non-hydrogen) atoms. The monoisotopic (exact) mass is 258 g/mol. The SMILES string of the molecule is C=CCn1c(C)c(C)c2ccnc(OCC(C)C)c21. The van der Waals surface area contributed by atoms with Crippen molar-refractivity contribution in [1.82, 2.24) is 9.55 Å². The summed E-state index contributed by atoms with van der Waals surface area (Å²) in [7, 11) is 0. The largest absolute Gasteiger partial charge is 0.476 e. The lowest BCUT2D eigenvalue weighted by Crippen LogP contribution is -2.07. The van der Waals surface area contributed by atoms with E-state index in [9.17, 15) is 0 Å². The van der Waals surface area contributed by atoms with Crippen LogP contribution < -0.4 is 4.74 Å². The molecular weight excluding hydrogens is 236 g/mol. The van der Waals surface area contributed by atoms with Gasteiger partial charge in [0, 0.05) is 23.8 Å². The first-order valence-electron chi connectivity index (χ1n) is 6.74. The summed E-state index contributed by atoms with van der Waals surface area (Å²) in [5, 5.41) is 1.22. The highest BCUT2D eigenvalue weighted by molar-refractivity contribution is 5.88. The first-order valence-corrected chi connectivity index (χ1v) is 6.74. The Morgan fingerprint density at radius 1 is 1.42 bits per heavy atom. The fourth-order valence-corrected chi connectivity index (χ4v) is 2.27. The Morgan fingerprint density at radius 2 is 2.16 bits per heavy atom. The van der Waals surface area contributed by atoms with Crippen molar-refractivity contribution in [2.75, 3.05) is 6.61 Å². The zero-order valence-corrected chi connectivity index (χ0v) is 12.2. The van der Waals surface area contributed by atoms with Crippen molar-refractivity contribution < 1.29 is 4.74 Å². The van der Waals surface area contributed by atoms with Crippen LogP contribution in [0, 0.1) is 19.8 Å². The second-order valence-electron chi connectivity index (χ2n) is 5.33. The average Bonchev–Trinajstić information content (AvgIpc) is 2.63. The van der Waals surface area contributed by atoms with Crippen LogP contribution in [0.25, 0.3) is 10.9 Å². The third kappa shape index (κ3) is 2.50. The summed E-state index contributed by atoms with van der Waals surface area (Å²) in [4.78, 5) is 4.40. The molecule has 0 amide bonds. The van der Waals surface area contributed by atoms with Crippen LogP contribution in [-0.4, -0.2) is 16.2 Å². The van der Waals surface area contributed by atoms with Gasteiger partial charge in [-0.15, -0.1) is 6.58 Å². The second-order valence-corrected chi connectivity index (χ2v) is 5.33. The van der Waals surface area contributed by atoms with Gasteiger partial charge < -0.3 is 9.30 Å². The number of allylic oxidation sites excluding steroid dienone is 1. The van der Waals surface area contributed by atoms with E-state index in [1.54, 1.807) is 0 Å². The van der Waals surface area contributed by atoms with Gasteiger partial charge in [0.2, 0.25) is 5.88 Å². The topological polar surface area (TPSA) is 27.1 Å². The molecule has 0 spiro atoms. The molecule has 2 rings (SSSR count). The number of hydrogen-bond acceptors (Lipinski definition) is 2. The molecule has 0 radical (unpaired) electrons. The molecule has 0 saturated heterocycles. The van der Waals surface area contributed by atoms with E-state index in [1.165, 1.54) is 16.6 Å². The number of fused-ring (bicyclic) bond motifs is 1. The Kier molecular flexibility index (Phi) is 3.93. The van der Waals surface area contributed by atoms with E-state index in [4.69, 9.17) is 4.74 Å². The molecule has 0 fully saturated rings. The number of aromatic nitrogens is 2. The van der Waals surface area contributed by atoms with E-state index < -0.39 is 0 Å². The molecular formula is C16H22N2O. The highest BCUT2D eigenvalue weighted by atomic mass is 16.5. The van der Waals surface area contributed by atoms with Crippen molar-refractivity contribution in [3.63, 3.8) is 0 Å². The summed E-state index contributed by atoms with van der Waals surface area (Å²) in [6.07, 6.45) is 3.73. The molecule has 0 aliphatic rings. The van der Waals surface area contributed by atoms with Crippen molar-refractivity contribution >= 4 is 10.9 Å². The molecule has 0 bridgehead atoms. The molecule has 3 heteroatoms. The van der Waals surface area contributed by atoms with Crippen molar-refractivity contribution in [3.05, 3.63) is 36.2 Å². The van der Waals surface area contributed by atoms with Gasteiger partial charge in [-0.05, 0) is 31.4 Å². The molecule has 2 aromatic heterocycles. The van der Waals surface area contributed by atoms with Crippen molar-refractivity contribution in [2.45, 2.75) is 34.2 Å². The Labute approximate surface area is 114 Å². The van der Waals surface area contributed by atoms with E-state index >= 15 is 0 Å². The van der Waals surface area contributed by atoms with Gasteiger partial charge >= 0.3 is 0 Å². The van der Waals surface area contributed by atoms with Crippen molar-refractivity contribution in [3.8, 4) is 5.88 Å². The third-order valence-corrected chi connectivity index (χ3v) is 3.38. The number of rotatable bonds is 5. The van der Waals surface area contributed by atoms with Gasteiger partial charge in [-0.1, -0.05) is 19.9 Å². The minimum absolute atomic E-state index is 0.488. The quantitative estimate of drug-likeness (QED) is 0.761. The van der Waals surface area contributed by atoms with Gasteiger partial charge in [-0.25, -0.2) is 4.98 Å². The van der Waals surface area contributed by atoms with Crippen molar-refractivity contribution in [2.24, 2.45) is 5.92 Å². The minimum Gasteiger partial charge on any atom is -0.476 e. The van der Waals surface area contributed by atoms with E-state index in [1.807, 2.05) is 12.3 Å². The lowest BCUT2D eigenvalue weighted by Gasteiger charge is -2.11. The van der Waals surface area contributed by atoms with Crippen molar-refractivity contribution in [1.29, 1.82) is 0 Å². The highest BCUT2D eigenvalue weighted by Crippen LogP contribution is 2.30. The number of ether oxygens (including phenoxy) is 1. The number of aryl methyl sites for hydroxylation is 1. The molecule has 2 heterocycles. The first kappa shape index (κ1) is 13.7. The molecule has 3 nitrogen and oxygen atoms in total. The van der Waals surface area contributed by atoms with Crippen LogP contribution >= 0.6 is 0 Å². The average molecular weight is 258 g/mol. The summed E-state index contributed by atoms with van der Waals surface area (Å²) in [5.74, 6) is 1.21. The smallest absolute Gasteiger partial charge is 0.238 e. The fourth-order valence-electron chi connectivity index (χ4n) is 2.27. The normalized spacial score (nSPS) is 11.2. The maximum Gasteiger partial charge on any atom is 0.238 e. The molecule has 0 N–H and O–H groups in total. The summed E-state index contributed by atoms with van der Waals surface area (Å²) in [5.41, 5.74) is 3.61. The molecule has 0 saturated carbocycles. The highest BCUT2D eigenvalue weighted by Gasteiger charge is 2.15. The Balaban J connectivity index is 2.58. The van der Waals surface area contributed by atoms with Crippen LogP contribution in [0.3, 0.4) is 0 Å². The number of pyridine rings is 1. The van der Waals surface area contributed by atoms with Gasteiger partial charge in [0.25, 0.3) is 0 Å². The van der Waals surface area contributed by atoms with Gasteiger partial charge in [0.15, 0.2) is 0 Å². The molecule has 0 unspecified atom stereocenters. The predicted octanol–water partition coefficient (Wildman–Crippen LogP) is 3.87. The number of nitrogens with zero attached hydrogens (tertiary/aromatic N) is 2. The molecule has 0 aromatic carbocycles. The third-order valence-electron chi connectivity index (χ3n) is 3.38. The Hall–Kier alpha value is -1.77. The molecule has 0 aliphatic heterocycles. The van der Waals surface area contributed by atoms with E-state index in [-0.39, 0.29) is 0 Å². The van der Waals surface area contributed by atoms with Gasteiger partial charge in [0.05, 0.1) is 6.61 Å². The summed E-state index contributed by atoms with van der Waals surface area (Å²) < 4.78 is 8.09. The predicted molar refractivity (Wildman–Crippen MR) is 79.7 cm³/mol. The van der Waals surface area contributed by atoms with Crippen LogP contribution in [0.4, 0.5) is 0 Å². The fraction of sp³-hybridized carbons (Fsp3) is 0.438. The molecule has 102 valence electrons. The molecule has 0 atom stereocenters. The van der Waals surface area contributed by atoms with Gasteiger partial charge in [-0.2, -0.15) is 0 Å². The summed E-state index contributed by atoms with van der Waals surface area (Å²) in [6.45, 7) is 13.8. The maximum atomic E-state index is 5.87. The van der Waals surface area contributed by atoms with E-state index in [0.717, 1.165) is 17.9 Å². The maximum absolute atomic E-state index is 5.87. The van der Waals surface area contributed by atoms with Crippen LogP contribution in [0.5, 0.6) is 5.88 Å². The Morgan fingerprint density at radius 3 is 2.79 bits per heavy atom. The molecule has 0 aliphatic carbocycles. The number of hydrogen-bond donors (Lipinski definition) is 0. The van der Waals surface area contributed by atoms with Crippen LogP contribution in [0.1, 0.15) is 25.1 Å². The van der Waals surface area contributed by atoms with Crippen LogP contribution in [-0.2, 0) is 6.54 Å². The summed E-state index contributed by atoms with van der Waals surface area (Å²) in [6, 6.07) is 2.06.